The van der Waals surface area contributed by atoms with Crippen LogP contribution in [0.4, 0.5) is 0 Å². The van der Waals surface area contributed by atoms with Crippen molar-refractivity contribution in [1.29, 1.82) is 0 Å². The predicted octanol–water partition coefficient (Wildman–Crippen LogP) is 1.78. The number of thiocarbonyl (C=S) groups is 1. The van der Waals surface area contributed by atoms with Gasteiger partial charge in [-0.1, -0.05) is 19.1 Å². The third kappa shape index (κ3) is 2.02. The van der Waals surface area contributed by atoms with E-state index in [1.165, 1.54) is 12.8 Å². The van der Waals surface area contributed by atoms with E-state index < -0.39 is 0 Å². The Balaban J connectivity index is 2.75. The zero-order chi connectivity index (χ0) is 10.1. The first-order chi connectivity index (χ1) is 5.99. The smallest absolute Gasteiger partial charge is 0.0933 e. The second-order valence-electron chi connectivity index (χ2n) is 4.47. The number of likely N-dealkylation sites (N-methyl/N-ethyl adjacent to an activating group) is 1. The van der Waals surface area contributed by atoms with Gasteiger partial charge in [0.15, 0.2) is 0 Å². The van der Waals surface area contributed by atoms with Crippen LogP contribution in [-0.4, -0.2) is 29.5 Å². The maximum Gasteiger partial charge on any atom is 0.0933 e. The van der Waals surface area contributed by atoms with Crippen LogP contribution in [0.5, 0.6) is 0 Å². The molecule has 0 aromatic carbocycles. The maximum absolute atomic E-state index is 5.84. The van der Waals surface area contributed by atoms with Crippen LogP contribution in [0.25, 0.3) is 0 Å². The van der Waals surface area contributed by atoms with Crippen LogP contribution in [0.1, 0.15) is 32.6 Å². The van der Waals surface area contributed by atoms with Gasteiger partial charge in [0, 0.05) is 0 Å². The van der Waals surface area contributed by atoms with Gasteiger partial charge in [-0.2, -0.15) is 0 Å². The lowest BCUT2D eigenvalue weighted by Crippen LogP contribution is -2.55. The van der Waals surface area contributed by atoms with Crippen LogP contribution in [0.2, 0.25) is 0 Å². The Bertz CT molecular complexity index is 193. The molecule has 76 valence electrons. The van der Waals surface area contributed by atoms with Gasteiger partial charge in [-0.3, -0.25) is 4.90 Å². The Morgan fingerprint density at radius 2 is 1.85 bits per heavy atom. The molecule has 1 saturated carbocycles. The van der Waals surface area contributed by atoms with E-state index >= 15 is 0 Å². The molecule has 0 spiro atoms. The molecule has 0 saturated heterocycles. The highest BCUT2D eigenvalue weighted by molar-refractivity contribution is 7.80. The van der Waals surface area contributed by atoms with E-state index in [4.69, 9.17) is 18.0 Å². The van der Waals surface area contributed by atoms with E-state index in [-0.39, 0.29) is 5.54 Å². The summed E-state index contributed by atoms with van der Waals surface area (Å²) in [7, 11) is 4.16. The zero-order valence-corrected chi connectivity index (χ0v) is 9.66. The van der Waals surface area contributed by atoms with E-state index in [9.17, 15) is 0 Å². The maximum atomic E-state index is 5.84. The molecule has 1 aliphatic rings. The molecule has 0 bridgehead atoms. The van der Waals surface area contributed by atoms with Gasteiger partial charge in [0.05, 0.1) is 10.5 Å². The molecule has 1 fully saturated rings. The Morgan fingerprint density at radius 3 is 2.15 bits per heavy atom. The summed E-state index contributed by atoms with van der Waals surface area (Å²) in [4.78, 5) is 2.87. The van der Waals surface area contributed by atoms with Crippen molar-refractivity contribution in [3.63, 3.8) is 0 Å². The van der Waals surface area contributed by atoms with Gasteiger partial charge in [0.1, 0.15) is 0 Å². The highest BCUT2D eigenvalue weighted by Crippen LogP contribution is 2.35. The molecular formula is C10H20N2S. The van der Waals surface area contributed by atoms with Crippen molar-refractivity contribution < 1.29 is 0 Å². The van der Waals surface area contributed by atoms with E-state index in [0.29, 0.717) is 4.99 Å². The minimum atomic E-state index is 0.00183. The average molecular weight is 200 g/mol. The van der Waals surface area contributed by atoms with Crippen LogP contribution in [-0.2, 0) is 0 Å². The second kappa shape index (κ2) is 3.93. The van der Waals surface area contributed by atoms with E-state index in [2.05, 4.69) is 25.9 Å². The molecule has 0 aromatic heterocycles. The van der Waals surface area contributed by atoms with Gasteiger partial charge in [-0.05, 0) is 45.7 Å². The number of hydrogen-bond acceptors (Lipinski definition) is 2. The van der Waals surface area contributed by atoms with Crippen LogP contribution in [0, 0.1) is 5.92 Å². The van der Waals surface area contributed by atoms with Gasteiger partial charge in [0.2, 0.25) is 0 Å². The topological polar surface area (TPSA) is 29.3 Å². The summed E-state index contributed by atoms with van der Waals surface area (Å²) in [6.07, 6.45) is 4.73. The Hall–Kier alpha value is -0.150. The summed E-state index contributed by atoms with van der Waals surface area (Å²) >= 11 is 5.18. The van der Waals surface area contributed by atoms with Gasteiger partial charge >= 0.3 is 0 Å². The first-order valence-electron chi connectivity index (χ1n) is 4.96. The molecule has 0 heterocycles. The summed E-state index contributed by atoms with van der Waals surface area (Å²) in [5.74, 6) is 0.836. The first kappa shape index (κ1) is 10.9. The van der Waals surface area contributed by atoms with Gasteiger partial charge in [0.25, 0.3) is 0 Å². The number of hydrogen-bond donors (Lipinski definition) is 1. The largest absolute Gasteiger partial charge is 0.392 e. The summed E-state index contributed by atoms with van der Waals surface area (Å²) in [6, 6.07) is 0. The average Bonchev–Trinajstić information content (AvgIpc) is 2.04. The fourth-order valence-corrected chi connectivity index (χ4v) is 2.54. The molecule has 0 aliphatic heterocycles. The molecule has 3 heteroatoms. The van der Waals surface area contributed by atoms with Crippen molar-refractivity contribution in [1.82, 2.24) is 4.90 Å². The van der Waals surface area contributed by atoms with Crippen molar-refractivity contribution in [2.24, 2.45) is 11.7 Å². The lowest BCUT2D eigenvalue weighted by Gasteiger charge is -2.43. The molecule has 1 rings (SSSR count). The Kier molecular flexibility index (Phi) is 3.30. The molecule has 2 N–H and O–H groups in total. The first-order valence-corrected chi connectivity index (χ1v) is 5.37. The molecule has 0 atom stereocenters. The molecular weight excluding hydrogens is 180 g/mol. The van der Waals surface area contributed by atoms with Crippen LogP contribution in [0.15, 0.2) is 0 Å². The third-order valence-electron chi connectivity index (χ3n) is 3.42. The minimum Gasteiger partial charge on any atom is -0.392 e. The Morgan fingerprint density at radius 1 is 1.38 bits per heavy atom. The lowest BCUT2D eigenvalue weighted by molar-refractivity contribution is 0.149. The summed E-state index contributed by atoms with van der Waals surface area (Å²) < 4.78 is 0. The SMILES string of the molecule is CC1CCC(C(N)=S)(N(C)C)CC1. The van der Waals surface area contributed by atoms with Crippen molar-refractivity contribution in [3.05, 3.63) is 0 Å². The van der Waals surface area contributed by atoms with Gasteiger partial charge in [-0.25, -0.2) is 0 Å². The molecule has 0 radical (unpaired) electrons. The molecule has 13 heavy (non-hydrogen) atoms. The van der Waals surface area contributed by atoms with Crippen LogP contribution >= 0.6 is 12.2 Å². The summed E-state index contributed by atoms with van der Waals surface area (Å²) in [5.41, 5.74) is 5.84. The summed E-state index contributed by atoms with van der Waals surface area (Å²) in [6.45, 7) is 2.30. The molecule has 1 aliphatic carbocycles. The monoisotopic (exact) mass is 200 g/mol. The normalized spacial score (nSPS) is 34.9. The number of nitrogens with two attached hydrogens (primary N) is 1. The zero-order valence-electron chi connectivity index (χ0n) is 8.84. The molecule has 0 amide bonds. The van der Waals surface area contributed by atoms with E-state index in [0.717, 1.165) is 18.8 Å². The fraction of sp³-hybridized carbons (Fsp3) is 0.900. The standard InChI is InChI=1S/C10H20N2S/c1-8-4-6-10(7-5-8,9(11)13)12(2)3/h8H,4-7H2,1-3H3,(H2,11,13). The highest BCUT2D eigenvalue weighted by atomic mass is 32.1. The van der Waals surface area contributed by atoms with Crippen molar-refractivity contribution in [2.45, 2.75) is 38.1 Å². The van der Waals surface area contributed by atoms with Crippen LogP contribution < -0.4 is 5.73 Å². The third-order valence-corrected chi connectivity index (χ3v) is 3.80. The second-order valence-corrected chi connectivity index (χ2v) is 4.91. The molecule has 2 nitrogen and oxygen atoms in total. The minimum absolute atomic E-state index is 0.00183. The Labute approximate surface area is 86.5 Å². The van der Waals surface area contributed by atoms with Gasteiger partial charge < -0.3 is 5.73 Å². The van der Waals surface area contributed by atoms with E-state index in [1.807, 2.05) is 0 Å². The quantitative estimate of drug-likeness (QED) is 0.689. The number of rotatable bonds is 2. The summed E-state index contributed by atoms with van der Waals surface area (Å²) in [5, 5.41) is 0. The molecule has 0 aromatic rings. The predicted molar refractivity (Wildman–Crippen MR) is 60.8 cm³/mol. The van der Waals surface area contributed by atoms with Crippen molar-refractivity contribution >= 4 is 17.2 Å². The van der Waals surface area contributed by atoms with E-state index in [1.54, 1.807) is 0 Å². The van der Waals surface area contributed by atoms with Crippen molar-refractivity contribution in [3.8, 4) is 0 Å². The fourth-order valence-electron chi connectivity index (χ4n) is 2.15. The highest BCUT2D eigenvalue weighted by Gasteiger charge is 2.38. The van der Waals surface area contributed by atoms with Crippen molar-refractivity contribution in [2.75, 3.05) is 14.1 Å². The number of nitrogens with zero attached hydrogens (tertiary/aromatic N) is 1. The lowest BCUT2D eigenvalue weighted by atomic mass is 9.76. The van der Waals surface area contributed by atoms with Crippen LogP contribution in [0.3, 0.4) is 0 Å². The van der Waals surface area contributed by atoms with Gasteiger partial charge in [-0.15, -0.1) is 0 Å². The molecule has 0 unspecified atom stereocenters.